The zero-order valence-corrected chi connectivity index (χ0v) is 11.0. The molecule has 0 aromatic heterocycles. The second kappa shape index (κ2) is 6.23. The van der Waals surface area contributed by atoms with Crippen molar-refractivity contribution in [1.82, 2.24) is 15.1 Å². The minimum absolute atomic E-state index is 0.00664. The number of hydrogen-bond donors (Lipinski definition) is 1. The van der Waals surface area contributed by atoms with Crippen molar-refractivity contribution in [1.29, 1.82) is 0 Å². The smallest absolute Gasteiger partial charge is 0.353 e. The molecule has 1 aliphatic rings. The van der Waals surface area contributed by atoms with E-state index in [9.17, 15) is 22.8 Å². The number of nitrogens with zero attached hydrogens (tertiary/aromatic N) is 2. The summed E-state index contributed by atoms with van der Waals surface area (Å²) >= 11 is 0. The van der Waals surface area contributed by atoms with Gasteiger partial charge in [-0.25, -0.2) is 0 Å². The Hall–Kier alpha value is -1.31. The normalized spacial score (nSPS) is 17.7. The van der Waals surface area contributed by atoms with Crippen LogP contribution in [0.15, 0.2) is 0 Å². The van der Waals surface area contributed by atoms with Gasteiger partial charge in [0.25, 0.3) is 0 Å². The summed E-state index contributed by atoms with van der Waals surface area (Å²) < 4.78 is 36.6. The fourth-order valence-corrected chi connectivity index (χ4v) is 1.86. The number of alkyl halides is 3. The van der Waals surface area contributed by atoms with E-state index in [1.807, 2.05) is 13.8 Å². The topological polar surface area (TPSA) is 52.7 Å². The molecule has 5 nitrogen and oxygen atoms in total. The average molecular weight is 281 g/mol. The summed E-state index contributed by atoms with van der Waals surface area (Å²) in [6, 6.07) is 0.0283. The van der Waals surface area contributed by atoms with Gasteiger partial charge in [-0.05, 0) is 13.8 Å². The predicted molar refractivity (Wildman–Crippen MR) is 62.4 cm³/mol. The lowest BCUT2D eigenvalue weighted by Crippen LogP contribution is -2.54. The standard InChI is InChI=1S/C11H18F3N3O2/c1-8(2)15-9(18)7-16-3-5-17(6-4-16)10(19)11(12,13)14/h8H,3-7H2,1-2H3,(H,15,18). The zero-order valence-electron chi connectivity index (χ0n) is 11.0. The molecule has 1 N–H and O–H groups in total. The van der Waals surface area contributed by atoms with Crippen LogP contribution >= 0.6 is 0 Å². The van der Waals surface area contributed by atoms with Crippen LogP contribution < -0.4 is 5.32 Å². The molecule has 1 heterocycles. The summed E-state index contributed by atoms with van der Waals surface area (Å²) in [5.41, 5.74) is 0. The molecular weight excluding hydrogens is 263 g/mol. The third-order valence-corrected chi connectivity index (χ3v) is 2.72. The van der Waals surface area contributed by atoms with E-state index in [4.69, 9.17) is 0 Å². The van der Waals surface area contributed by atoms with E-state index < -0.39 is 12.1 Å². The van der Waals surface area contributed by atoms with Crippen molar-refractivity contribution in [2.75, 3.05) is 32.7 Å². The van der Waals surface area contributed by atoms with Crippen molar-refractivity contribution in [3.63, 3.8) is 0 Å². The van der Waals surface area contributed by atoms with Crippen molar-refractivity contribution in [3.8, 4) is 0 Å². The first kappa shape index (κ1) is 15.7. The zero-order chi connectivity index (χ0) is 14.6. The molecule has 0 aliphatic carbocycles. The maximum atomic E-state index is 12.2. The third kappa shape index (κ3) is 5.06. The molecule has 0 atom stereocenters. The highest BCUT2D eigenvalue weighted by Gasteiger charge is 2.43. The largest absolute Gasteiger partial charge is 0.471 e. The molecule has 110 valence electrons. The number of carbonyl (C=O) groups excluding carboxylic acids is 2. The minimum atomic E-state index is -4.82. The molecule has 1 rings (SSSR count). The van der Waals surface area contributed by atoms with Gasteiger partial charge >= 0.3 is 12.1 Å². The second-order valence-electron chi connectivity index (χ2n) is 4.79. The molecule has 1 aliphatic heterocycles. The van der Waals surface area contributed by atoms with Gasteiger partial charge < -0.3 is 10.2 Å². The van der Waals surface area contributed by atoms with Crippen LogP contribution in [0.2, 0.25) is 0 Å². The first-order valence-electron chi connectivity index (χ1n) is 6.08. The monoisotopic (exact) mass is 281 g/mol. The van der Waals surface area contributed by atoms with Crippen LogP contribution in [-0.4, -0.2) is 66.6 Å². The first-order valence-corrected chi connectivity index (χ1v) is 6.08. The average Bonchev–Trinajstić information content (AvgIpc) is 2.26. The maximum Gasteiger partial charge on any atom is 0.471 e. The lowest BCUT2D eigenvalue weighted by atomic mass is 10.3. The summed E-state index contributed by atoms with van der Waals surface area (Å²) in [5.74, 6) is -1.97. The Balaban J connectivity index is 2.37. The Labute approximate surface area is 109 Å². The molecule has 0 radical (unpaired) electrons. The van der Waals surface area contributed by atoms with E-state index in [1.54, 1.807) is 4.90 Å². The molecule has 0 bridgehead atoms. The Morgan fingerprint density at radius 1 is 1.16 bits per heavy atom. The Morgan fingerprint density at radius 3 is 2.11 bits per heavy atom. The molecule has 0 aromatic carbocycles. The first-order chi connectivity index (χ1) is 8.70. The molecule has 8 heteroatoms. The van der Waals surface area contributed by atoms with E-state index in [0.717, 1.165) is 4.90 Å². The van der Waals surface area contributed by atoms with E-state index in [1.165, 1.54) is 0 Å². The number of hydrogen-bond acceptors (Lipinski definition) is 3. The summed E-state index contributed by atoms with van der Waals surface area (Å²) in [7, 11) is 0. The summed E-state index contributed by atoms with van der Waals surface area (Å²) in [6.45, 7) is 4.34. The van der Waals surface area contributed by atoms with Gasteiger partial charge in [-0.2, -0.15) is 13.2 Å². The van der Waals surface area contributed by atoms with Gasteiger partial charge in [0.05, 0.1) is 6.54 Å². The van der Waals surface area contributed by atoms with Crippen molar-refractivity contribution in [3.05, 3.63) is 0 Å². The van der Waals surface area contributed by atoms with E-state index >= 15 is 0 Å². The fraction of sp³-hybridized carbons (Fsp3) is 0.818. The summed E-state index contributed by atoms with van der Waals surface area (Å²) in [5, 5.41) is 2.71. The maximum absolute atomic E-state index is 12.2. The van der Waals surface area contributed by atoms with Crippen molar-refractivity contribution < 1.29 is 22.8 Å². The lowest BCUT2D eigenvalue weighted by Gasteiger charge is -2.34. The van der Waals surface area contributed by atoms with Crippen LogP contribution in [0.5, 0.6) is 0 Å². The number of nitrogens with one attached hydrogen (secondary N) is 1. The van der Waals surface area contributed by atoms with Crippen LogP contribution in [0.25, 0.3) is 0 Å². The number of piperazine rings is 1. The van der Waals surface area contributed by atoms with Crippen LogP contribution in [-0.2, 0) is 9.59 Å². The number of halogens is 3. The Kier molecular flexibility index (Phi) is 5.16. The van der Waals surface area contributed by atoms with Gasteiger partial charge in [0, 0.05) is 32.2 Å². The number of carbonyl (C=O) groups is 2. The highest BCUT2D eigenvalue weighted by Crippen LogP contribution is 2.19. The van der Waals surface area contributed by atoms with Gasteiger partial charge in [-0.3, -0.25) is 14.5 Å². The number of rotatable bonds is 3. The van der Waals surface area contributed by atoms with E-state index in [0.29, 0.717) is 0 Å². The van der Waals surface area contributed by atoms with Crippen LogP contribution in [0, 0.1) is 0 Å². The van der Waals surface area contributed by atoms with E-state index in [2.05, 4.69) is 5.32 Å². The molecule has 0 aromatic rings. The van der Waals surface area contributed by atoms with Crippen LogP contribution in [0.1, 0.15) is 13.8 Å². The van der Waals surface area contributed by atoms with Crippen molar-refractivity contribution >= 4 is 11.8 Å². The van der Waals surface area contributed by atoms with Gasteiger partial charge in [-0.1, -0.05) is 0 Å². The van der Waals surface area contributed by atoms with Gasteiger partial charge in [-0.15, -0.1) is 0 Å². The van der Waals surface area contributed by atoms with Gasteiger partial charge in [0.2, 0.25) is 5.91 Å². The molecule has 1 saturated heterocycles. The van der Waals surface area contributed by atoms with Crippen LogP contribution in [0.4, 0.5) is 13.2 Å². The highest BCUT2D eigenvalue weighted by molar-refractivity contribution is 5.82. The van der Waals surface area contributed by atoms with Gasteiger partial charge in [0.15, 0.2) is 0 Å². The minimum Gasteiger partial charge on any atom is -0.353 e. The molecule has 2 amide bonds. The van der Waals surface area contributed by atoms with Gasteiger partial charge in [0.1, 0.15) is 0 Å². The Bertz CT molecular complexity index is 337. The van der Waals surface area contributed by atoms with Crippen LogP contribution in [0.3, 0.4) is 0 Å². The lowest BCUT2D eigenvalue weighted by molar-refractivity contribution is -0.187. The fourth-order valence-electron chi connectivity index (χ4n) is 1.86. The SMILES string of the molecule is CC(C)NC(=O)CN1CCN(C(=O)C(F)(F)F)CC1. The Morgan fingerprint density at radius 2 is 1.68 bits per heavy atom. The predicted octanol–water partition coefficient (Wildman–Crippen LogP) is 0.218. The molecule has 0 spiro atoms. The van der Waals surface area contributed by atoms with Crippen molar-refractivity contribution in [2.45, 2.75) is 26.1 Å². The quantitative estimate of drug-likeness (QED) is 0.805. The van der Waals surface area contributed by atoms with E-state index in [-0.39, 0.29) is 44.7 Å². The molecular formula is C11H18F3N3O2. The highest BCUT2D eigenvalue weighted by atomic mass is 19.4. The summed E-state index contributed by atoms with van der Waals surface area (Å²) in [4.78, 5) is 25.0. The van der Waals surface area contributed by atoms with Crippen molar-refractivity contribution in [2.24, 2.45) is 0 Å². The molecule has 0 unspecified atom stereocenters. The molecule has 1 fully saturated rings. The third-order valence-electron chi connectivity index (χ3n) is 2.72. The molecule has 19 heavy (non-hydrogen) atoms. The second-order valence-corrected chi connectivity index (χ2v) is 4.79. The summed E-state index contributed by atoms with van der Waals surface area (Å²) in [6.07, 6.45) is -4.82. The number of amides is 2. The molecule has 0 saturated carbocycles.